The predicted octanol–water partition coefficient (Wildman–Crippen LogP) is 2.08. The lowest BCUT2D eigenvalue weighted by molar-refractivity contribution is 0.0691. The molecule has 2 rings (SSSR count). The van der Waals surface area contributed by atoms with Crippen molar-refractivity contribution in [1.29, 1.82) is 0 Å². The van der Waals surface area contributed by atoms with Gasteiger partial charge in [-0.3, -0.25) is 0 Å². The molecule has 0 spiro atoms. The number of carboxylic acids is 1. The zero-order valence-corrected chi connectivity index (χ0v) is 13.1. The molecule has 9 heteroatoms. The summed E-state index contributed by atoms with van der Waals surface area (Å²) in [5, 5.41) is 10.5. The van der Waals surface area contributed by atoms with Gasteiger partial charge in [0.2, 0.25) is 10.0 Å². The first-order valence-corrected chi connectivity index (χ1v) is 8.47. The second-order valence-electron chi connectivity index (χ2n) is 3.71. The van der Waals surface area contributed by atoms with Crippen molar-refractivity contribution in [2.45, 2.75) is 11.4 Å². The number of sulfonamides is 1. The maximum atomic E-state index is 12.0. The van der Waals surface area contributed by atoms with Crippen LogP contribution in [-0.2, 0) is 16.6 Å². The first-order valence-electron chi connectivity index (χ1n) is 5.31. The van der Waals surface area contributed by atoms with Crippen LogP contribution in [0.15, 0.2) is 39.0 Å². The molecule has 1 aromatic carbocycles. The third-order valence-electron chi connectivity index (χ3n) is 2.29. The zero-order chi connectivity index (χ0) is 14.8. The maximum Gasteiger partial charge on any atom is 0.355 e. The van der Waals surface area contributed by atoms with Crippen LogP contribution < -0.4 is 4.72 Å². The van der Waals surface area contributed by atoms with Gasteiger partial charge in [0.15, 0.2) is 5.69 Å². The molecule has 0 unspecified atom stereocenters. The summed E-state index contributed by atoms with van der Waals surface area (Å²) in [4.78, 5) is 14.6. The van der Waals surface area contributed by atoms with Crippen LogP contribution in [0.4, 0.5) is 0 Å². The lowest BCUT2D eigenvalue weighted by Crippen LogP contribution is -2.23. The highest BCUT2D eigenvalue weighted by Gasteiger charge is 2.15. The Kier molecular flexibility index (Phi) is 4.53. The van der Waals surface area contributed by atoms with Gasteiger partial charge in [0.25, 0.3) is 0 Å². The van der Waals surface area contributed by atoms with Crippen LogP contribution in [0.5, 0.6) is 0 Å². The van der Waals surface area contributed by atoms with E-state index in [0.717, 1.165) is 11.3 Å². The number of benzene rings is 1. The van der Waals surface area contributed by atoms with Crippen molar-refractivity contribution < 1.29 is 18.3 Å². The topological polar surface area (TPSA) is 96.4 Å². The summed E-state index contributed by atoms with van der Waals surface area (Å²) in [6.07, 6.45) is 0. The predicted molar refractivity (Wildman–Crippen MR) is 77.2 cm³/mol. The summed E-state index contributed by atoms with van der Waals surface area (Å²) in [6, 6.07) is 6.29. The normalized spacial score (nSPS) is 11.4. The third-order valence-corrected chi connectivity index (χ3v) is 5.03. The van der Waals surface area contributed by atoms with Gasteiger partial charge in [0.1, 0.15) is 5.01 Å². The van der Waals surface area contributed by atoms with Gasteiger partial charge < -0.3 is 5.11 Å². The number of hydrogen-bond donors (Lipinski definition) is 2. The van der Waals surface area contributed by atoms with E-state index in [4.69, 9.17) is 5.11 Å². The van der Waals surface area contributed by atoms with Gasteiger partial charge in [-0.05, 0) is 18.2 Å². The van der Waals surface area contributed by atoms with Crippen molar-refractivity contribution in [1.82, 2.24) is 9.71 Å². The van der Waals surface area contributed by atoms with E-state index in [1.807, 2.05) is 0 Å². The molecule has 1 aromatic heterocycles. The molecule has 0 amide bonds. The summed E-state index contributed by atoms with van der Waals surface area (Å²) >= 11 is 4.29. The van der Waals surface area contributed by atoms with E-state index in [2.05, 4.69) is 25.6 Å². The van der Waals surface area contributed by atoms with Crippen molar-refractivity contribution in [2.75, 3.05) is 0 Å². The Balaban J connectivity index is 2.11. The number of halogens is 1. The second-order valence-corrected chi connectivity index (χ2v) is 7.34. The molecule has 0 saturated heterocycles. The van der Waals surface area contributed by atoms with E-state index in [0.29, 0.717) is 9.48 Å². The second kappa shape index (κ2) is 6.00. The molecule has 0 aliphatic rings. The van der Waals surface area contributed by atoms with E-state index >= 15 is 0 Å². The summed E-state index contributed by atoms with van der Waals surface area (Å²) < 4.78 is 27.1. The average Bonchev–Trinajstić information content (AvgIpc) is 2.85. The molecular formula is C11H9BrN2O4S2. The fraction of sp³-hybridized carbons (Fsp3) is 0.0909. The van der Waals surface area contributed by atoms with Gasteiger partial charge >= 0.3 is 5.97 Å². The smallest absolute Gasteiger partial charge is 0.355 e. The Hall–Kier alpha value is -1.29. The number of hydrogen-bond acceptors (Lipinski definition) is 5. The van der Waals surface area contributed by atoms with Gasteiger partial charge in [0.05, 0.1) is 11.4 Å². The van der Waals surface area contributed by atoms with Crippen LogP contribution in [0.3, 0.4) is 0 Å². The average molecular weight is 377 g/mol. The molecule has 0 bridgehead atoms. The molecule has 0 aliphatic heterocycles. The van der Waals surface area contributed by atoms with Crippen LogP contribution in [0.1, 0.15) is 15.5 Å². The first kappa shape index (κ1) is 15.1. The van der Waals surface area contributed by atoms with Crippen molar-refractivity contribution in [3.8, 4) is 0 Å². The molecule has 0 aliphatic carbocycles. The number of thiazole rings is 1. The minimum atomic E-state index is -3.65. The fourth-order valence-electron chi connectivity index (χ4n) is 1.36. The highest BCUT2D eigenvalue weighted by Crippen LogP contribution is 2.17. The number of carbonyl (C=O) groups is 1. The number of aromatic nitrogens is 1. The standard InChI is InChI=1S/C11H9BrN2O4S2/c12-7-2-1-3-8(4-7)20(17,18)13-5-10-14-9(6-19-10)11(15)16/h1-4,6,13H,5H2,(H,15,16). The number of carboxylic acid groups (broad SMARTS) is 1. The quantitative estimate of drug-likeness (QED) is 0.832. The molecule has 0 radical (unpaired) electrons. The van der Waals surface area contributed by atoms with Crippen molar-refractivity contribution in [3.05, 3.63) is 44.8 Å². The van der Waals surface area contributed by atoms with Crippen molar-refractivity contribution >= 4 is 43.3 Å². The van der Waals surface area contributed by atoms with Gasteiger partial charge in [-0.25, -0.2) is 22.9 Å². The van der Waals surface area contributed by atoms with Gasteiger partial charge in [-0.15, -0.1) is 11.3 Å². The fourth-order valence-corrected chi connectivity index (χ4v) is 3.75. The minimum absolute atomic E-state index is 0.0488. The molecule has 20 heavy (non-hydrogen) atoms. The number of nitrogens with one attached hydrogen (secondary N) is 1. The van der Waals surface area contributed by atoms with E-state index in [1.54, 1.807) is 12.1 Å². The summed E-state index contributed by atoms with van der Waals surface area (Å²) in [5.74, 6) is -1.14. The molecule has 0 fully saturated rings. The summed E-state index contributed by atoms with van der Waals surface area (Å²) in [5.41, 5.74) is -0.0911. The molecule has 6 nitrogen and oxygen atoms in total. The largest absolute Gasteiger partial charge is 0.476 e. The van der Waals surface area contributed by atoms with Crippen LogP contribution in [-0.4, -0.2) is 24.5 Å². The highest BCUT2D eigenvalue weighted by molar-refractivity contribution is 9.10. The lowest BCUT2D eigenvalue weighted by atomic mass is 10.4. The first-order chi connectivity index (χ1) is 9.38. The molecule has 0 saturated carbocycles. The van der Waals surface area contributed by atoms with Gasteiger partial charge in [-0.1, -0.05) is 22.0 Å². The molecule has 2 N–H and O–H groups in total. The van der Waals surface area contributed by atoms with Crippen molar-refractivity contribution in [3.63, 3.8) is 0 Å². The van der Waals surface area contributed by atoms with Gasteiger partial charge in [0, 0.05) is 9.85 Å². The van der Waals surface area contributed by atoms with Crippen molar-refractivity contribution in [2.24, 2.45) is 0 Å². The Morgan fingerprint density at radius 2 is 2.20 bits per heavy atom. The summed E-state index contributed by atoms with van der Waals surface area (Å²) in [7, 11) is -3.65. The molecule has 0 atom stereocenters. The highest BCUT2D eigenvalue weighted by atomic mass is 79.9. The minimum Gasteiger partial charge on any atom is -0.476 e. The SMILES string of the molecule is O=C(O)c1csc(CNS(=O)(=O)c2cccc(Br)c2)n1. The molecular weight excluding hydrogens is 368 g/mol. The van der Waals surface area contributed by atoms with E-state index in [1.165, 1.54) is 17.5 Å². The summed E-state index contributed by atoms with van der Waals surface area (Å²) in [6.45, 7) is -0.0488. The molecule has 1 heterocycles. The van der Waals surface area contributed by atoms with Crippen LogP contribution >= 0.6 is 27.3 Å². The maximum absolute atomic E-state index is 12.0. The van der Waals surface area contributed by atoms with E-state index < -0.39 is 16.0 Å². The number of aromatic carboxylic acids is 1. The Morgan fingerprint density at radius 3 is 2.80 bits per heavy atom. The van der Waals surface area contributed by atoms with Crippen LogP contribution in [0.25, 0.3) is 0 Å². The monoisotopic (exact) mass is 376 g/mol. The van der Waals surface area contributed by atoms with Gasteiger partial charge in [-0.2, -0.15) is 0 Å². The Labute approximate surface area is 127 Å². The molecule has 2 aromatic rings. The Morgan fingerprint density at radius 1 is 1.45 bits per heavy atom. The van der Waals surface area contributed by atoms with E-state index in [-0.39, 0.29) is 17.1 Å². The third kappa shape index (κ3) is 3.63. The number of rotatable bonds is 5. The Bertz CT molecular complexity index is 742. The van der Waals surface area contributed by atoms with Crippen LogP contribution in [0.2, 0.25) is 0 Å². The number of nitrogens with zero attached hydrogens (tertiary/aromatic N) is 1. The zero-order valence-electron chi connectivity index (χ0n) is 9.91. The molecule has 106 valence electrons. The van der Waals surface area contributed by atoms with Crippen LogP contribution in [0, 0.1) is 0 Å². The van der Waals surface area contributed by atoms with E-state index in [9.17, 15) is 13.2 Å². The lowest BCUT2D eigenvalue weighted by Gasteiger charge is -2.05.